The highest BCUT2D eigenvalue weighted by molar-refractivity contribution is 9.10. The maximum atomic E-state index is 13.8. The van der Waals surface area contributed by atoms with E-state index < -0.39 is 11.9 Å². The molecule has 2 aromatic carbocycles. The van der Waals surface area contributed by atoms with E-state index in [0.29, 0.717) is 27.5 Å². The normalized spacial score (nSPS) is 17.4. The molecule has 1 unspecified atom stereocenters. The lowest BCUT2D eigenvalue weighted by molar-refractivity contribution is -0.152. The largest absolute Gasteiger partial charge is 0.497 e. The van der Waals surface area contributed by atoms with Crippen molar-refractivity contribution in [2.24, 2.45) is 0 Å². The Kier molecular flexibility index (Phi) is 4.89. The number of methoxy groups -OCH3 is 1. The second-order valence-electron chi connectivity index (χ2n) is 6.65. The molecule has 3 aromatic rings. The van der Waals surface area contributed by atoms with E-state index in [9.17, 15) is 14.0 Å². The average molecular weight is 446 g/mol. The van der Waals surface area contributed by atoms with E-state index in [1.54, 1.807) is 31.5 Å². The Hall–Kier alpha value is -2.74. The van der Waals surface area contributed by atoms with Crippen molar-refractivity contribution in [2.75, 3.05) is 7.11 Å². The van der Waals surface area contributed by atoms with Crippen molar-refractivity contribution in [2.45, 2.75) is 25.4 Å². The summed E-state index contributed by atoms with van der Waals surface area (Å²) in [6.45, 7) is 0.194. The highest BCUT2D eigenvalue weighted by atomic mass is 79.9. The van der Waals surface area contributed by atoms with Gasteiger partial charge in [0.25, 0.3) is 5.91 Å². The fourth-order valence-corrected chi connectivity index (χ4v) is 3.67. The van der Waals surface area contributed by atoms with Crippen LogP contribution in [-0.2, 0) is 16.1 Å². The Morgan fingerprint density at radius 1 is 1.25 bits per heavy atom. The molecular formula is C20H17BrFN3O3. The number of imide groups is 1. The van der Waals surface area contributed by atoms with Crippen LogP contribution in [0.25, 0.3) is 10.9 Å². The van der Waals surface area contributed by atoms with Gasteiger partial charge >= 0.3 is 0 Å². The third-order valence-corrected chi connectivity index (χ3v) is 5.47. The molecule has 144 valence electrons. The SMILES string of the molecule is COc1ccc(CN2C(=O)CCC(n3cc4cc(F)c(Br)cc4n3)C2=O)cc1. The van der Waals surface area contributed by atoms with Crippen LogP contribution in [0.5, 0.6) is 5.75 Å². The first-order valence-electron chi connectivity index (χ1n) is 8.77. The molecule has 6 nitrogen and oxygen atoms in total. The Balaban J connectivity index is 1.60. The molecule has 1 aliphatic rings. The number of rotatable bonds is 4. The van der Waals surface area contributed by atoms with E-state index in [2.05, 4.69) is 21.0 Å². The van der Waals surface area contributed by atoms with Crippen molar-refractivity contribution in [3.05, 3.63) is 58.4 Å². The number of carbonyl (C=O) groups excluding carboxylic acids is 2. The lowest BCUT2D eigenvalue weighted by Crippen LogP contribution is -2.45. The molecule has 0 radical (unpaired) electrons. The lowest BCUT2D eigenvalue weighted by atomic mass is 10.0. The molecule has 0 spiro atoms. The van der Waals surface area contributed by atoms with Crippen molar-refractivity contribution in [1.82, 2.24) is 14.7 Å². The number of halogens is 2. The first-order chi connectivity index (χ1) is 13.5. The fraction of sp³-hybridized carbons (Fsp3) is 0.250. The van der Waals surface area contributed by atoms with Gasteiger partial charge < -0.3 is 4.74 Å². The van der Waals surface area contributed by atoms with Gasteiger partial charge in [0.2, 0.25) is 5.91 Å². The zero-order valence-corrected chi connectivity index (χ0v) is 16.6. The minimum atomic E-state index is -0.592. The zero-order chi connectivity index (χ0) is 19.8. The summed E-state index contributed by atoms with van der Waals surface area (Å²) < 4.78 is 20.8. The number of likely N-dealkylation sites (tertiary alicyclic amines) is 1. The molecule has 1 aliphatic heterocycles. The van der Waals surface area contributed by atoms with E-state index in [-0.39, 0.29) is 24.8 Å². The quantitative estimate of drug-likeness (QED) is 0.572. The number of aromatic nitrogens is 2. The standard InChI is InChI=1S/C20H17BrFN3O3/c1-28-14-4-2-12(3-5-14)10-24-19(26)7-6-18(20(24)27)25-11-13-8-16(22)15(21)9-17(13)23-25/h2-5,8-9,11,18H,6-7,10H2,1H3. The van der Waals surface area contributed by atoms with Crippen molar-refractivity contribution in [1.29, 1.82) is 0 Å². The van der Waals surface area contributed by atoms with E-state index in [1.165, 1.54) is 15.6 Å². The van der Waals surface area contributed by atoms with Crippen LogP contribution >= 0.6 is 15.9 Å². The number of hydrogen-bond donors (Lipinski definition) is 0. The summed E-state index contributed by atoms with van der Waals surface area (Å²) in [6, 6.07) is 9.59. The molecule has 0 aliphatic carbocycles. The Morgan fingerprint density at radius 2 is 2.00 bits per heavy atom. The first-order valence-corrected chi connectivity index (χ1v) is 9.56. The highest BCUT2D eigenvalue weighted by Crippen LogP contribution is 2.28. The van der Waals surface area contributed by atoms with Crippen molar-refractivity contribution < 1.29 is 18.7 Å². The van der Waals surface area contributed by atoms with Gasteiger partial charge in [-0.25, -0.2) is 4.39 Å². The summed E-state index contributed by atoms with van der Waals surface area (Å²) in [5, 5.41) is 5.03. The summed E-state index contributed by atoms with van der Waals surface area (Å²) >= 11 is 3.15. The van der Waals surface area contributed by atoms with Gasteiger partial charge in [-0.05, 0) is 52.2 Å². The Bertz CT molecular complexity index is 1030. The van der Waals surface area contributed by atoms with Crippen LogP contribution in [0.15, 0.2) is 47.1 Å². The summed E-state index contributed by atoms with van der Waals surface area (Å²) in [4.78, 5) is 26.6. The third kappa shape index (κ3) is 3.40. The number of hydrogen-bond acceptors (Lipinski definition) is 4. The minimum absolute atomic E-state index is 0.194. The average Bonchev–Trinajstić information content (AvgIpc) is 3.08. The molecule has 2 heterocycles. The number of amides is 2. The van der Waals surface area contributed by atoms with Gasteiger partial charge in [0.15, 0.2) is 0 Å². The van der Waals surface area contributed by atoms with Crippen molar-refractivity contribution in [3.63, 3.8) is 0 Å². The van der Waals surface area contributed by atoms with Crippen LogP contribution in [0.2, 0.25) is 0 Å². The van der Waals surface area contributed by atoms with E-state index in [4.69, 9.17) is 4.74 Å². The van der Waals surface area contributed by atoms with Crippen LogP contribution in [-0.4, -0.2) is 33.6 Å². The predicted molar refractivity (Wildman–Crippen MR) is 104 cm³/mol. The van der Waals surface area contributed by atoms with E-state index in [0.717, 1.165) is 5.56 Å². The monoisotopic (exact) mass is 445 g/mol. The summed E-state index contributed by atoms with van der Waals surface area (Å²) in [6.07, 6.45) is 2.27. The molecule has 28 heavy (non-hydrogen) atoms. The van der Waals surface area contributed by atoms with Crippen LogP contribution < -0.4 is 4.74 Å². The number of piperidine rings is 1. The second-order valence-corrected chi connectivity index (χ2v) is 7.51. The molecule has 0 bridgehead atoms. The summed E-state index contributed by atoms with van der Waals surface area (Å²) in [7, 11) is 1.58. The number of ether oxygens (including phenoxy) is 1. The van der Waals surface area contributed by atoms with Crippen LogP contribution in [0.3, 0.4) is 0 Å². The van der Waals surface area contributed by atoms with E-state index >= 15 is 0 Å². The third-order valence-electron chi connectivity index (χ3n) is 4.87. The molecular weight excluding hydrogens is 429 g/mol. The maximum absolute atomic E-state index is 13.8. The second kappa shape index (κ2) is 7.35. The van der Waals surface area contributed by atoms with E-state index in [1.807, 2.05) is 12.1 Å². The fourth-order valence-electron chi connectivity index (χ4n) is 3.34. The summed E-state index contributed by atoms with van der Waals surface area (Å²) in [5.74, 6) is -0.195. The first kappa shape index (κ1) is 18.6. The molecule has 1 fully saturated rings. The highest BCUT2D eigenvalue weighted by Gasteiger charge is 2.36. The molecule has 4 rings (SSSR count). The molecule has 1 saturated heterocycles. The Morgan fingerprint density at radius 3 is 2.71 bits per heavy atom. The molecule has 2 amide bonds. The molecule has 0 N–H and O–H groups in total. The zero-order valence-electron chi connectivity index (χ0n) is 15.1. The lowest BCUT2D eigenvalue weighted by Gasteiger charge is -2.30. The predicted octanol–water partition coefficient (Wildman–Crippen LogP) is 3.84. The van der Waals surface area contributed by atoms with Crippen molar-refractivity contribution >= 4 is 38.6 Å². The van der Waals surface area contributed by atoms with Gasteiger partial charge in [-0.3, -0.25) is 19.2 Å². The number of nitrogens with zero attached hydrogens (tertiary/aromatic N) is 3. The number of fused-ring (bicyclic) bond motifs is 1. The van der Waals surface area contributed by atoms with Gasteiger partial charge in [-0.1, -0.05) is 12.1 Å². The smallest absolute Gasteiger partial charge is 0.254 e. The molecule has 0 saturated carbocycles. The molecule has 1 aromatic heterocycles. The molecule has 8 heteroatoms. The van der Waals surface area contributed by atoms with Gasteiger partial charge in [-0.15, -0.1) is 0 Å². The van der Waals surface area contributed by atoms with Crippen LogP contribution in [0, 0.1) is 5.82 Å². The Labute approximate surface area is 169 Å². The van der Waals surface area contributed by atoms with Gasteiger partial charge in [0.05, 0.1) is 23.6 Å². The van der Waals surface area contributed by atoms with Gasteiger partial charge in [0, 0.05) is 18.0 Å². The summed E-state index contributed by atoms with van der Waals surface area (Å²) in [5.41, 5.74) is 1.42. The van der Waals surface area contributed by atoms with Crippen LogP contribution in [0.1, 0.15) is 24.4 Å². The van der Waals surface area contributed by atoms with Crippen LogP contribution in [0.4, 0.5) is 4.39 Å². The number of benzene rings is 2. The van der Waals surface area contributed by atoms with Gasteiger partial charge in [-0.2, -0.15) is 5.10 Å². The van der Waals surface area contributed by atoms with Gasteiger partial charge in [0.1, 0.15) is 17.6 Å². The maximum Gasteiger partial charge on any atom is 0.254 e. The number of carbonyl (C=O) groups is 2. The van der Waals surface area contributed by atoms with Crippen molar-refractivity contribution in [3.8, 4) is 5.75 Å². The topological polar surface area (TPSA) is 64.4 Å². The molecule has 1 atom stereocenters. The minimum Gasteiger partial charge on any atom is -0.497 e.